The lowest BCUT2D eigenvalue weighted by Crippen LogP contribution is -2.49. The Morgan fingerprint density at radius 2 is 1.92 bits per heavy atom. The molecule has 0 aromatic heterocycles. The molecule has 1 aliphatic rings. The van der Waals surface area contributed by atoms with Crippen LogP contribution in [0.5, 0.6) is 11.5 Å². The first kappa shape index (κ1) is 16.3. The smallest absolute Gasteiger partial charge is 0.279 e. The minimum atomic E-state index is -0.682. The van der Waals surface area contributed by atoms with Gasteiger partial charge in [-0.05, 0) is 23.8 Å². The molecule has 25 heavy (non-hydrogen) atoms. The Hall–Kier alpha value is -3.53. The number of carbonyl (C=O) groups excluding carboxylic acids is 2. The van der Waals surface area contributed by atoms with Crippen molar-refractivity contribution in [2.75, 3.05) is 6.61 Å². The van der Waals surface area contributed by atoms with E-state index in [-0.39, 0.29) is 6.61 Å². The number of rotatable bonds is 4. The lowest BCUT2D eigenvalue weighted by Gasteiger charge is -2.12. The Morgan fingerprint density at radius 1 is 1.16 bits per heavy atom. The van der Waals surface area contributed by atoms with Crippen LogP contribution < -0.4 is 20.3 Å². The Morgan fingerprint density at radius 3 is 2.72 bits per heavy atom. The van der Waals surface area contributed by atoms with Gasteiger partial charge in [0.25, 0.3) is 11.8 Å². The molecule has 0 unspecified atom stereocenters. The Balaban J connectivity index is 1.45. The van der Waals surface area contributed by atoms with Gasteiger partial charge in [0.2, 0.25) is 0 Å². The van der Waals surface area contributed by atoms with Crippen LogP contribution >= 0.6 is 0 Å². The summed E-state index contributed by atoms with van der Waals surface area (Å²) in [5, 5.41) is 8.95. The molecule has 2 aromatic carbocycles. The fraction of sp³-hybridized carbons (Fsp3) is 0.167. The highest BCUT2D eigenvalue weighted by atomic mass is 16.5. The molecule has 0 bridgehead atoms. The number of carbonyl (C=O) groups is 2. The molecule has 0 spiro atoms. The first-order chi connectivity index (χ1) is 12.2. The zero-order chi connectivity index (χ0) is 17.6. The number of hydrazine groups is 1. The predicted molar refractivity (Wildman–Crippen MR) is 87.5 cm³/mol. The number of hydrogen-bond acceptors (Lipinski definition) is 5. The molecule has 0 saturated carbocycles. The van der Waals surface area contributed by atoms with Crippen LogP contribution in [0.4, 0.5) is 0 Å². The van der Waals surface area contributed by atoms with Crippen LogP contribution in [0, 0.1) is 11.3 Å². The summed E-state index contributed by atoms with van der Waals surface area (Å²) in [4.78, 5) is 23.8. The Labute approximate surface area is 144 Å². The predicted octanol–water partition coefficient (Wildman–Crippen LogP) is 1.09. The number of para-hydroxylation sites is 2. The molecule has 2 aromatic rings. The molecule has 126 valence electrons. The lowest BCUT2D eigenvalue weighted by molar-refractivity contribution is -0.133. The normalized spacial score (nSPS) is 14.6. The molecule has 2 N–H and O–H groups in total. The van der Waals surface area contributed by atoms with Gasteiger partial charge in [0.1, 0.15) is 17.6 Å². The van der Waals surface area contributed by atoms with Crippen molar-refractivity contribution in [2.45, 2.75) is 12.5 Å². The second-order valence-electron chi connectivity index (χ2n) is 5.35. The minimum absolute atomic E-state index is 0.307. The molecule has 2 amide bonds. The van der Waals surface area contributed by atoms with Gasteiger partial charge in [0, 0.05) is 6.42 Å². The van der Waals surface area contributed by atoms with E-state index in [0.29, 0.717) is 23.5 Å². The molecule has 7 nitrogen and oxygen atoms in total. The lowest BCUT2D eigenvalue weighted by atomic mass is 10.1. The topological polar surface area (TPSA) is 100 Å². The van der Waals surface area contributed by atoms with Crippen LogP contribution in [0.15, 0.2) is 48.5 Å². The average Bonchev–Trinajstić information content (AvgIpc) is 3.09. The maximum atomic E-state index is 12.1. The van der Waals surface area contributed by atoms with Crippen molar-refractivity contribution >= 4 is 11.8 Å². The standard InChI is InChI=1S/C18H15N3O4/c19-10-13-6-2-3-7-14(13)24-11-17(22)20-21-18(23)16-9-12-5-1-4-8-15(12)25-16/h1-8,16H,9,11H2,(H,20,22)(H,21,23)/t16-/m1/s1. The summed E-state index contributed by atoms with van der Waals surface area (Å²) >= 11 is 0. The molecule has 1 atom stereocenters. The van der Waals surface area contributed by atoms with Crippen molar-refractivity contribution < 1.29 is 19.1 Å². The molecular weight excluding hydrogens is 322 g/mol. The number of ether oxygens (including phenoxy) is 2. The van der Waals surface area contributed by atoms with E-state index in [9.17, 15) is 9.59 Å². The van der Waals surface area contributed by atoms with Gasteiger partial charge < -0.3 is 9.47 Å². The van der Waals surface area contributed by atoms with Crippen LogP contribution in [0.3, 0.4) is 0 Å². The van der Waals surface area contributed by atoms with E-state index in [0.717, 1.165) is 5.56 Å². The third-order valence-corrected chi connectivity index (χ3v) is 3.63. The summed E-state index contributed by atoms with van der Waals surface area (Å²) < 4.78 is 10.8. The van der Waals surface area contributed by atoms with E-state index in [2.05, 4.69) is 10.9 Å². The van der Waals surface area contributed by atoms with E-state index in [1.54, 1.807) is 30.3 Å². The third-order valence-electron chi connectivity index (χ3n) is 3.63. The highest BCUT2D eigenvalue weighted by molar-refractivity contribution is 5.86. The second-order valence-corrected chi connectivity index (χ2v) is 5.35. The monoisotopic (exact) mass is 337 g/mol. The maximum absolute atomic E-state index is 12.1. The molecule has 3 rings (SSSR count). The molecule has 0 saturated heterocycles. The van der Waals surface area contributed by atoms with Crippen molar-refractivity contribution in [3.05, 3.63) is 59.7 Å². The van der Waals surface area contributed by atoms with Gasteiger partial charge in [-0.3, -0.25) is 20.4 Å². The van der Waals surface area contributed by atoms with Crippen LogP contribution in [0.1, 0.15) is 11.1 Å². The van der Waals surface area contributed by atoms with Crippen molar-refractivity contribution in [1.82, 2.24) is 10.9 Å². The number of nitriles is 1. The minimum Gasteiger partial charge on any atom is -0.482 e. The Bertz CT molecular complexity index is 819. The fourth-order valence-corrected chi connectivity index (χ4v) is 2.40. The largest absolute Gasteiger partial charge is 0.482 e. The van der Waals surface area contributed by atoms with Gasteiger partial charge in [-0.2, -0.15) is 5.26 Å². The molecular formula is C18H15N3O4. The number of fused-ring (bicyclic) bond motifs is 1. The Kier molecular flexibility index (Phi) is 4.81. The summed E-state index contributed by atoms with van der Waals surface area (Å²) in [5.74, 6) is -0.00921. The van der Waals surface area contributed by atoms with Crippen molar-refractivity contribution in [1.29, 1.82) is 5.26 Å². The van der Waals surface area contributed by atoms with E-state index < -0.39 is 17.9 Å². The number of nitrogens with zero attached hydrogens (tertiary/aromatic N) is 1. The number of nitrogens with one attached hydrogen (secondary N) is 2. The van der Waals surface area contributed by atoms with Crippen LogP contribution in [-0.4, -0.2) is 24.5 Å². The number of amides is 2. The SMILES string of the molecule is N#Cc1ccccc1OCC(=O)NNC(=O)[C@H]1Cc2ccccc2O1. The highest BCUT2D eigenvalue weighted by Crippen LogP contribution is 2.27. The number of hydrogen-bond donors (Lipinski definition) is 2. The van der Waals surface area contributed by atoms with Gasteiger partial charge in [-0.25, -0.2) is 0 Å². The molecule has 7 heteroatoms. The zero-order valence-corrected chi connectivity index (χ0v) is 13.2. The van der Waals surface area contributed by atoms with E-state index in [1.807, 2.05) is 24.3 Å². The highest BCUT2D eigenvalue weighted by Gasteiger charge is 2.28. The molecule has 0 radical (unpaired) electrons. The summed E-state index contributed by atoms with van der Waals surface area (Å²) in [6.07, 6.45) is -0.234. The third kappa shape index (κ3) is 3.87. The van der Waals surface area contributed by atoms with Gasteiger partial charge in [0.15, 0.2) is 12.7 Å². The molecule has 0 fully saturated rings. The molecule has 0 aliphatic carbocycles. The first-order valence-electron chi connectivity index (χ1n) is 7.62. The average molecular weight is 337 g/mol. The first-order valence-corrected chi connectivity index (χ1v) is 7.62. The van der Waals surface area contributed by atoms with Crippen LogP contribution in [0.2, 0.25) is 0 Å². The zero-order valence-electron chi connectivity index (χ0n) is 13.2. The van der Waals surface area contributed by atoms with Crippen molar-refractivity contribution in [3.63, 3.8) is 0 Å². The second kappa shape index (κ2) is 7.36. The summed E-state index contributed by atoms with van der Waals surface area (Å²) in [7, 11) is 0. The van der Waals surface area contributed by atoms with E-state index in [1.165, 1.54) is 0 Å². The van der Waals surface area contributed by atoms with Crippen molar-refractivity contribution in [3.8, 4) is 17.6 Å². The summed E-state index contributed by atoms with van der Waals surface area (Å²) in [6, 6.07) is 15.9. The summed E-state index contributed by atoms with van der Waals surface area (Å²) in [6.45, 7) is -0.329. The van der Waals surface area contributed by atoms with E-state index >= 15 is 0 Å². The van der Waals surface area contributed by atoms with Gasteiger partial charge in [-0.15, -0.1) is 0 Å². The maximum Gasteiger partial charge on any atom is 0.279 e. The van der Waals surface area contributed by atoms with Crippen LogP contribution in [0.25, 0.3) is 0 Å². The quantitative estimate of drug-likeness (QED) is 0.814. The van der Waals surface area contributed by atoms with Gasteiger partial charge >= 0.3 is 0 Å². The summed E-state index contributed by atoms with van der Waals surface area (Å²) in [5.41, 5.74) is 5.86. The number of benzene rings is 2. The molecule has 1 aliphatic heterocycles. The fourth-order valence-electron chi connectivity index (χ4n) is 2.40. The van der Waals surface area contributed by atoms with Crippen LogP contribution in [-0.2, 0) is 16.0 Å². The van der Waals surface area contributed by atoms with Crippen molar-refractivity contribution in [2.24, 2.45) is 0 Å². The van der Waals surface area contributed by atoms with E-state index in [4.69, 9.17) is 14.7 Å². The van der Waals surface area contributed by atoms with Gasteiger partial charge in [0.05, 0.1) is 5.56 Å². The molecule has 1 heterocycles. The van der Waals surface area contributed by atoms with Gasteiger partial charge in [-0.1, -0.05) is 30.3 Å².